The van der Waals surface area contributed by atoms with Crippen molar-refractivity contribution in [2.75, 3.05) is 19.5 Å². The van der Waals surface area contributed by atoms with E-state index in [0.717, 1.165) is 38.0 Å². The summed E-state index contributed by atoms with van der Waals surface area (Å²) >= 11 is 1.63. The highest BCUT2D eigenvalue weighted by molar-refractivity contribution is 7.12. The third-order valence-corrected chi connectivity index (χ3v) is 8.37. The second-order valence-corrected chi connectivity index (χ2v) is 11.2. The van der Waals surface area contributed by atoms with Gasteiger partial charge in [-0.05, 0) is 75.1 Å². The summed E-state index contributed by atoms with van der Waals surface area (Å²) < 4.78 is 10.9. The van der Waals surface area contributed by atoms with Gasteiger partial charge < -0.3 is 20.1 Å². The number of dihydropyridines is 1. The Balaban J connectivity index is 1.52. The number of hydrogen-bond donors (Lipinski definition) is 2. The normalized spacial score (nSPS) is 19.1. The van der Waals surface area contributed by atoms with Crippen LogP contribution in [0.3, 0.4) is 0 Å². The lowest BCUT2D eigenvalue weighted by molar-refractivity contribution is -0.116. The zero-order chi connectivity index (χ0) is 27.0. The van der Waals surface area contributed by atoms with Crippen molar-refractivity contribution < 1.29 is 19.1 Å². The Hall–Kier alpha value is -3.84. The maximum absolute atomic E-state index is 13.8. The highest BCUT2D eigenvalue weighted by atomic mass is 32.1. The van der Waals surface area contributed by atoms with E-state index in [0.29, 0.717) is 35.5 Å². The van der Waals surface area contributed by atoms with E-state index in [-0.39, 0.29) is 17.6 Å². The molecule has 2 N–H and O–H groups in total. The van der Waals surface area contributed by atoms with Gasteiger partial charge in [0.1, 0.15) is 0 Å². The van der Waals surface area contributed by atoms with Crippen LogP contribution in [0.1, 0.15) is 52.5 Å². The summed E-state index contributed by atoms with van der Waals surface area (Å²) in [5.74, 6) is 0.750. The van der Waals surface area contributed by atoms with Crippen molar-refractivity contribution in [2.45, 2.75) is 45.4 Å². The number of thiophene rings is 1. The molecule has 7 heteroatoms. The summed E-state index contributed by atoms with van der Waals surface area (Å²) in [4.78, 5) is 29.7. The number of hydrogen-bond acceptors (Lipinski definition) is 6. The number of nitrogens with one attached hydrogen (secondary N) is 2. The summed E-state index contributed by atoms with van der Waals surface area (Å²) in [5.41, 5.74) is 5.82. The molecule has 1 aliphatic heterocycles. The Morgan fingerprint density at radius 2 is 1.68 bits per heavy atom. The SMILES string of the molecule is COc1ccc([C@H]2CC(=O)C3=C(C2)NC(C)=C(C(=O)Nc2ccc(C)cc2)[C@H]3c2ccc(C)s2)cc1OC. The molecule has 1 aromatic heterocycles. The highest BCUT2D eigenvalue weighted by Crippen LogP contribution is 2.47. The molecule has 1 amide bonds. The third-order valence-electron chi connectivity index (χ3n) is 7.31. The smallest absolute Gasteiger partial charge is 0.254 e. The molecule has 6 nitrogen and oxygen atoms in total. The van der Waals surface area contributed by atoms with E-state index < -0.39 is 5.92 Å². The van der Waals surface area contributed by atoms with Crippen LogP contribution in [-0.2, 0) is 9.59 Å². The molecule has 2 heterocycles. The van der Waals surface area contributed by atoms with Gasteiger partial charge in [-0.3, -0.25) is 9.59 Å². The van der Waals surface area contributed by atoms with Crippen LogP contribution in [0.2, 0.25) is 0 Å². The molecule has 0 radical (unpaired) electrons. The maximum atomic E-state index is 13.8. The van der Waals surface area contributed by atoms with Gasteiger partial charge in [-0.1, -0.05) is 23.8 Å². The first-order valence-electron chi connectivity index (χ1n) is 12.7. The molecule has 0 saturated carbocycles. The lowest BCUT2D eigenvalue weighted by atomic mass is 9.73. The minimum atomic E-state index is -0.408. The fourth-order valence-corrected chi connectivity index (χ4v) is 6.41. The van der Waals surface area contributed by atoms with E-state index in [1.807, 2.05) is 75.4 Å². The van der Waals surface area contributed by atoms with Crippen molar-refractivity contribution in [1.29, 1.82) is 0 Å². The van der Waals surface area contributed by atoms with Gasteiger partial charge in [-0.15, -0.1) is 11.3 Å². The average molecular weight is 529 g/mol. The number of Topliss-reactive ketones (excluding diaryl/α,β-unsaturated/α-hetero) is 1. The lowest BCUT2D eigenvalue weighted by Crippen LogP contribution is -2.36. The van der Waals surface area contributed by atoms with Crippen LogP contribution in [-0.4, -0.2) is 25.9 Å². The fourth-order valence-electron chi connectivity index (χ4n) is 5.41. The van der Waals surface area contributed by atoms with Crippen molar-refractivity contribution in [3.8, 4) is 11.5 Å². The van der Waals surface area contributed by atoms with Gasteiger partial charge >= 0.3 is 0 Å². The first kappa shape index (κ1) is 25.8. The monoisotopic (exact) mass is 528 g/mol. The van der Waals surface area contributed by atoms with Gasteiger partial charge in [0.25, 0.3) is 5.91 Å². The summed E-state index contributed by atoms with van der Waals surface area (Å²) in [7, 11) is 3.22. The molecule has 2 atom stereocenters. The summed E-state index contributed by atoms with van der Waals surface area (Å²) in [6.45, 7) is 5.98. The van der Waals surface area contributed by atoms with Crippen LogP contribution in [0.4, 0.5) is 5.69 Å². The quantitative estimate of drug-likeness (QED) is 0.388. The lowest BCUT2D eigenvalue weighted by Gasteiger charge is -2.36. The van der Waals surface area contributed by atoms with Gasteiger partial charge in [-0.25, -0.2) is 0 Å². The maximum Gasteiger partial charge on any atom is 0.254 e. The zero-order valence-corrected chi connectivity index (χ0v) is 23.1. The molecule has 38 heavy (non-hydrogen) atoms. The third kappa shape index (κ3) is 4.86. The molecule has 1 aliphatic carbocycles. The number of aryl methyl sites for hydroxylation is 2. The van der Waals surface area contributed by atoms with E-state index in [4.69, 9.17) is 9.47 Å². The number of carbonyl (C=O) groups is 2. The Labute approximate surface area is 227 Å². The van der Waals surface area contributed by atoms with Crippen LogP contribution in [0.15, 0.2) is 77.1 Å². The van der Waals surface area contributed by atoms with Gasteiger partial charge in [0.2, 0.25) is 0 Å². The van der Waals surface area contributed by atoms with Crippen molar-refractivity contribution in [3.05, 3.63) is 98.0 Å². The number of anilines is 1. The molecule has 3 aromatic rings. The number of methoxy groups -OCH3 is 2. The molecule has 0 bridgehead atoms. The minimum absolute atomic E-state index is 0.00462. The number of benzene rings is 2. The molecule has 2 aliphatic rings. The molecule has 2 aromatic carbocycles. The second-order valence-electron chi connectivity index (χ2n) is 9.90. The minimum Gasteiger partial charge on any atom is -0.493 e. The molecular weight excluding hydrogens is 496 g/mol. The Morgan fingerprint density at radius 1 is 0.947 bits per heavy atom. The molecule has 0 fully saturated rings. The first-order valence-corrected chi connectivity index (χ1v) is 13.5. The number of carbonyl (C=O) groups excluding carboxylic acids is 2. The summed E-state index contributed by atoms with van der Waals surface area (Å²) in [6, 6.07) is 17.7. The molecule has 0 saturated heterocycles. The Morgan fingerprint density at radius 3 is 2.34 bits per heavy atom. The number of ether oxygens (including phenoxy) is 2. The second kappa shape index (κ2) is 10.5. The molecule has 196 valence electrons. The van der Waals surface area contributed by atoms with E-state index >= 15 is 0 Å². The first-order chi connectivity index (χ1) is 18.3. The zero-order valence-electron chi connectivity index (χ0n) is 22.3. The van der Waals surface area contributed by atoms with E-state index in [2.05, 4.69) is 10.6 Å². The Bertz CT molecular complexity index is 1470. The average Bonchev–Trinajstić information content (AvgIpc) is 3.34. The van der Waals surface area contributed by atoms with Gasteiger partial charge in [0.05, 0.1) is 20.1 Å². The standard InChI is InChI=1S/C31H32N2O4S/c1-17-6-10-22(11-7-17)33-31(35)28-19(3)32-23-14-21(20-9-12-25(36-4)26(16-20)37-5)15-24(34)29(23)30(28)27-13-8-18(2)38-27/h6-13,16,21,30,32H,14-15H2,1-5H3,(H,33,35)/t21-,30-/m1/s1. The number of allylic oxidation sites excluding steroid dienone is 3. The van der Waals surface area contributed by atoms with E-state index in [1.165, 1.54) is 0 Å². The van der Waals surface area contributed by atoms with Crippen LogP contribution in [0.5, 0.6) is 11.5 Å². The van der Waals surface area contributed by atoms with Crippen LogP contribution in [0, 0.1) is 13.8 Å². The molecule has 0 unspecified atom stereocenters. The van der Waals surface area contributed by atoms with E-state index in [1.54, 1.807) is 25.6 Å². The van der Waals surface area contributed by atoms with Crippen molar-refractivity contribution in [1.82, 2.24) is 5.32 Å². The van der Waals surface area contributed by atoms with Gasteiger partial charge in [0.15, 0.2) is 17.3 Å². The van der Waals surface area contributed by atoms with Crippen LogP contribution in [0.25, 0.3) is 0 Å². The van der Waals surface area contributed by atoms with Crippen LogP contribution < -0.4 is 20.1 Å². The molecule has 0 spiro atoms. The number of rotatable bonds is 6. The van der Waals surface area contributed by atoms with Crippen molar-refractivity contribution in [2.24, 2.45) is 0 Å². The molecule has 5 rings (SSSR count). The Kier molecular flexibility index (Phi) is 7.13. The fraction of sp³-hybridized carbons (Fsp3) is 0.290. The number of amides is 1. The van der Waals surface area contributed by atoms with Gasteiger partial charge in [0, 0.05) is 44.4 Å². The predicted molar refractivity (Wildman–Crippen MR) is 151 cm³/mol. The van der Waals surface area contributed by atoms with Crippen molar-refractivity contribution in [3.63, 3.8) is 0 Å². The topological polar surface area (TPSA) is 76.7 Å². The number of ketones is 1. The van der Waals surface area contributed by atoms with E-state index in [9.17, 15) is 9.59 Å². The van der Waals surface area contributed by atoms with Gasteiger partial charge in [-0.2, -0.15) is 0 Å². The summed E-state index contributed by atoms with van der Waals surface area (Å²) in [5, 5.41) is 6.51. The molecular formula is C31H32N2O4S. The highest BCUT2D eigenvalue weighted by Gasteiger charge is 2.41. The van der Waals surface area contributed by atoms with Crippen molar-refractivity contribution >= 4 is 28.7 Å². The summed E-state index contributed by atoms with van der Waals surface area (Å²) in [6.07, 6.45) is 1.03. The predicted octanol–water partition coefficient (Wildman–Crippen LogP) is 6.38. The largest absolute Gasteiger partial charge is 0.493 e. The van der Waals surface area contributed by atoms with Crippen LogP contribution >= 0.6 is 11.3 Å².